The SMILES string of the molecule is CCc1ncc(C(=O)N[C@@H]2CCc3nc(C)cn3C2)s1. The highest BCUT2D eigenvalue weighted by molar-refractivity contribution is 7.13. The predicted molar refractivity (Wildman–Crippen MR) is 78.0 cm³/mol. The van der Waals surface area contributed by atoms with Gasteiger partial charge in [0.2, 0.25) is 0 Å². The van der Waals surface area contributed by atoms with E-state index in [1.165, 1.54) is 11.3 Å². The second-order valence-electron chi connectivity index (χ2n) is 5.13. The third kappa shape index (κ3) is 2.60. The average Bonchev–Trinajstić information content (AvgIpc) is 3.03. The number of amides is 1. The molecule has 0 aliphatic carbocycles. The zero-order chi connectivity index (χ0) is 14.1. The van der Waals surface area contributed by atoms with E-state index < -0.39 is 0 Å². The fraction of sp³-hybridized carbons (Fsp3) is 0.500. The van der Waals surface area contributed by atoms with Crippen molar-refractivity contribution >= 4 is 17.2 Å². The van der Waals surface area contributed by atoms with Crippen molar-refractivity contribution in [3.05, 3.63) is 33.8 Å². The highest BCUT2D eigenvalue weighted by Crippen LogP contribution is 2.17. The van der Waals surface area contributed by atoms with Crippen LogP contribution in [0.25, 0.3) is 0 Å². The summed E-state index contributed by atoms with van der Waals surface area (Å²) in [6.45, 7) is 4.86. The van der Waals surface area contributed by atoms with E-state index in [1.807, 2.05) is 13.8 Å². The van der Waals surface area contributed by atoms with Crippen LogP contribution in [0.3, 0.4) is 0 Å². The molecular weight excluding hydrogens is 272 g/mol. The van der Waals surface area contributed by atoms with E-state index in [4.69, 9.17) is 0 Å². The van der Waals surface area contributed by atoms with Gasteiger partial charge < -0.3 is 9.88 Å². The topological polar surface area (TPSA) is 59.8 Å². The summed E-state index contributed by atoms with van der Waals surface area (Å²) < 4.78 is 2.15. The summed E-state index contributed by atoms with van der Waals surface area (Å²) >= 11 is 1.48. The quantitative estimate of drug-likeness (QED) is 0.940. The van der Waals surface area contributed by atoms with Crippen LogP contribution in [0.15, 0.2) is 12.4 Å². The molecule has 6 heteroatoms. The molecule has 0 aromatic carbocycles. The molecule has 0 unspecified atom stereocenters. The Kier molecular flexibility index (Phi) is 3.56. The molecule has 0 spiro atoms. The molecule has 1 atom stereocenters. The molecule has 106 valence electrons. The second kappa shape index (κ2) is 5.36. The number of rotatable bonds is 3. The van der Waals surface area contributed by atoms with Crippen molar-refractivity contribution < 1.29 is 4.79 Å². The van der Waals surface area contributed by atoms with Gasteiger partial charge in [-0.25, -0.2) is 9.97 Å². The molecule has 1 N–H and O–H groups in total. The Hall–Kier alpha value is -1.69. The van der Waals surface area contributed by atoms with Gasteiger partial charge in [0, 0.05) is 25.2 Å². The minimum absolute atomic E-state index is 0.00696. The lowest BCUT2D eigenvalue weighted by molar-refractivity contribution is 0.0931. The van der Waals surface area contributed by atoms with E-state index in [0.717, 1.165) is 42.3 Å². The number of hydrogen-bond donors (Lipinski definition) is 1. The van der Waals surface area contributed by atoms with Crippen LogP contribution in [0.4, 0.5) is 0 Å². The predicted octanol–water partition coefficient (Wildman–Crippen LogP) is 1.96. The first-order valence-electron chi connectivity index (χ1n) is 6.94. The summed E-state index contributed by atoms with van der Waals surface area (Å²) in [5.74, 6) is 1.12. The summed E-state index contributed by atoms with van der Waals surface area (Å²) in [6.07, 6.45) is 6.46. The van der Waals surface area contributed by atoms with Crippen LogP contribution in [-0.4, -0.2) is 26.5 Å². The van der Waals surface area contributed by atoms with Gasteiger partial charge in [0.15, 0.2) is 0 Å². The van der Waals surface area contributed by atoms with Crippen LogP contribution in [0.2, 0.25) is 0 Å². The van der Waals surface area contributed by atoms with E-state index >= 15 is 0 Å². The maximum Gasteiger partial charge on any atom is 0.263 e. The van der Waals surface area contributed by atoms with Gasteiger partial charge in [0.1, 0.15) is 10.7 Å². The molecule has 2 aromatic rings. The highest BCUT2D eigenvalue weighted by atomic mass is 32.1. The summed E-state index contributed by atoms with van der Waals surface area (Å²) in [4.78, 5) is 21.6. The summed E-state index contributed by atoms with van der Waals surface area (Å²) in [6, 6.07) is 0.177. The van der Waals surface area contributed by atoms with Crippen molar-refractivity contribution in [2.75, 3.05) is 0 Å². The van der Waals surface area contributed by atoms with Gasteiger partial charge in [-0.3, -0.25) is 4.79 Å². The molecule has 5 nitrogen and oxygen atoms in total. The molecule has 1 aliphatic rings. The molecule has 0 fully saturated rings. The van der Waals surface area contributed by atoms with E-state index in [1.54, 1.807) is 6.20 Å². The maximum absolute atomic E-state index is 12.2. The average molecular weight is 290 g/mol. The lowest BCUT2D eigenvalue weighted by Gasteiger charge is -2.24. The Morgan fingerprint density at radius 1 is 1.60 bits per heavy atom. The maximum atomic E-state index is 12.2. The van der Waals surface area contributed by atoms with E-state index in [0.29, 0.717) is 4.88 Å². The lowest BCUT2D eigenvalue weighted by atomic mass is 10.1. The first kappa shape index (κ1) is 13.3. The van der Waals surface area contributed by atoms with Gasteiger partial charge >= 0.3 is 0 Å². The van der Waals surface area contributed by atoms with E-state index in [9.17, 15) is 4.79 Å². The Morgan fingerprint density at radius 2 is 2.45 bits per heavy atom. The normalized spacial score (nSPS) is 17.8. The molecule has 0 radical (unpaired) electrons. The molecule has 20 heavy (non-hydrogen) atoms. The number of aryl methyl sites for hydroxylation is 3. The molecule has 2 aromatic heterocycles. The molecule has 1 amide bonds. The number of imidazole rings is 1. The van der Waals surface area contributed by atoms with E-state index in [2.05, 4.69) is 26.0 Å². The van der Waals surface area contributed by atoms with Crippen molar-refractivity contribution in [2.45, 2.75) is 45.7 Å². The standard InChI is InChI=1S/C14H18N4OS/c1-3-13-15-6-11(20-13)14(19)17-10-4-5-12-16-9(2)7-18(12)8-10/h6-7,10H,3-5,8H2,1-2H3,(H,17,19)/t10-/m1/s1. The Labute approximate surface area is 122 Å². The number of carbonyl (C=O) groups excluding carboxylic acids is 1. The van der Waals surface area contributed by atoms with Crippen LogP contribution in [0.1, 0.15) is 39.5 Å². The van der Waals surface area contributed by atoms with Crippen molar-refractivity contribution in [3.8, 4) is 0 Å². The summed E-state index contributed by atoms with van der Waals surface area (Å²) in [5.41, 5.74) is 1.04. The van der Waals surface area contributed by atoms with Crippen LogP contribution >= 0.6 is 11.3 Å². The van der Waals surface area contributed by atoms with Gasteiger partial charge in [0.25, 0.3) is 5.91 Å². The number of nitrogens with one attached hydrogen (secondary N) is 1. The number of carbonyl (C=O) groups is 1. The Balaban J connectivity index is 1.65. The fourth-order valence-corrected chi connectivity index (χ4v) is 3.30. The van der Waals surface area contributed by atoms with Crippen LogP contribution in [0.5, 0.6) is 0 Å². The smallest absolute Gasteiger partial charge is 0.263 e. The summed E-state index contributed by atoms with van der Waals surface area (Å²) in [5, 5.41) is 4.11. The lowest BCUT2D eigenvalue weighted by Crippen LogP contribution is -2.40. The first-order chi connectivity index (χ1) is 9.65. The second-order valence-corrected chi connectivity index (χ2v) is 6.25. The van der Waals surface area contributed by atoms with E-state index in [-0.39, 0.29) is 11.9 Å². The monoisotopic (exact) mass is 290 g/mol. The van der Waals surface area contributed by atoms with Crippen LogP contribution < -0.4 is 5.32 Å². The number of aromatic nitrogens is 3. The van der Waals surface area contributed by atoms with Gasteiger partial charge in [-0.15, -0.1) is 11.3 Å². The Morgan fingerprint density at radius 3 is 3.20 bits per heavy atom. The minimum Gasteiger partial charge on any atom is -0.347 e. The molecule has 3 rings (SSSR count). The van der Waals surface area contributed by atoms with Crippen LogP contribution in [0, 0.1) is 6.92 Å². The molecule has 0 saturated heterocycles. The van der Waals surface area contributed by atoms with Crippen molar-refractivity contribution in [1.29, 1.82) is 0 Å². The molecular formula is C14H18N4OS. The summed E-state index contributed by atoms with van der Waals surface area (Å²) in [7, 11) is 0. The zero-order valence-corrected chi connectivity index (χ0v) is 12.5. The van der Waals surface area contributed by atoms with Gasteiger partial charge in [-0.1, -0.05) is 6.92 Å². The van der Waals surface area contributed by atoms with Gasteiger partial charge in [0.05, 0.1) is 16.9 Å². The largest absolute Gasteiger partial charge is 0.347 e. The van der Waals surface area contributed by atoms with Crippen molar-refractivity contribution in [1.82, 2.24) is 19.9 Å². The number of thiazole rings is 1. The molecule has 0 saturated carbocycles. The number of hydrogen-bond acceptors (Lipinski definition) is 4. The van der Waals surface area contributed by atoms with Crippen molar-refractivity contribution in [3.63, 3.8) is 0 Å². The van der Waals surface area contributed by atoms with Gasteiger partial charge in [-0.2, -0.15) is 0 Å². The third-order valence-corrected chi connectivity index (χ3v) is 4.67. The Bertz CT molecular complexity index is 631. The number of fused-ring (bicyclic) bond motifs is 1. The van der Waals surface area contributed by atoms with Crippen molar-refractivity contribution in [2.24, 2.45) is 0 Å². The molecule has 0 bridgehead atoms. The first-order valence-corrected chi connectivity index (χ1v) is 7.75. The minimum atomic E-state index is -0.00696. The fourth-order valence-electron chi connectivity index (χ4n) is 2.54. The highest BCUT2D eigenvalue weighted by Gasteiger charge is 2.22. The molecule has 3 heterocycles. The van der Waals surface area contributed by atoms with Crippen LogP contribution in [-0.2, 0) is 19.4 Å². The van der Waals surface area contributed by atoms with Gasteiger partial charge in [-0.05, 0) is 19.8 Å². The third-order valence-electron chi connectivity index (χ3n) is 3.53. The molecule has 1 aliphatic heterocycles. The zero-order valence-electron chi connectivity index (χ0n) is 11.7. The number of nitrogens with zero attached hydrogens (tertiary/aromatic N) is 3.